The maximum atomic E-state index is 13.8. The first-order valence-corrected chi connectivity index (χ1v) is 13.8. The molecule has 0 bridgehead atoms. The highest BCUT2D eigenvalue weighted by Gasteiger charge is 2.29. The number of piperidine rings is 1. The number of methoxy groups -OCH3 is 2. The largest absolute Gasteiger partial charge is 0.493 e. The lowest BCUT2D eigenvalue weighted by Gasteiger charge is -2.28. The summed E-state index contributed by atoms with van der Waals surface area (Å²) in [5.74, 6) is -0.114. The number of carbonyl (C=O) groups excluding carboxylic acids is 2. The molecular weight excluding hydrogens is 506 g/mol. The molecule has 0 atom stereocenters. The highest BCUT2D eigenvalue weighted by Crippen LogP contribution is 2.32. The summed E-state index contributed by atoms with van der Waals surface area (Å²) in [6.45, 7) is 0.839. The van der Waals surface area contributed by atoms with Crippen molar-refractivity contribution in [2.24, 2.45) is 0 Å². The zero-order valence-electron chi connectivity index (χ0n) is 21.4. The van der Waals surface area contributed by atoms with Crippen LogP contribution in [0.25, 0.3) is 0 Å². The number of rotatable bonds is 9. The molecule has 38 heavy (non-hydrogen) atoms. The van der Waals surface area contributed by atoms with Crippen LogP contribution in [0.4, 0.5) is 11.4 Å². The van der Waals surface area contributed by atoms with Gasteiger partial charge in [-0.25, -0.2) is 8.42 Å². The lowest BCUT2D eigenvalue weighted by Crippen LogP contribution is -2.39. The first-order chi connectivity index (χ1) is 18.3. The van der Waals surface area contributed by atoms with Crippen LogP contribution < -0.4 is 19.1 Å². The Hall–Kier alpha value is -4.05. The average molecular weight is 538 g/mol. The van der Waals surface area contributed by atoms with Gasteiger partial charge in [-0.05, 0) is 55.7 Å². The van der Waals surface area contributed by atoms with Crippen LogP contribution in [0.15, 0.2) is 77.7 Å². The van der Waals surface area contributed by atoms with Crippen molar-refractivity contribution in [2.75, 3.05) is 43.5 Å². The monoisotopic (exact) mass is 537 g/mol. The van der Waals surface area contributed by atoms with Crippen LogP contribution in [0.5, 0.6) is 11.5 Å². The third kappa shape index (κ3) is 5.91. The summed E-state index contributed by atoms with van der Waals surface area (Å²) in [7, 11) is -1.31. The zero-order chi connectivity index (χ0) is 27.1. The molecule has 2 amide bonds. The number of anilines is 2. The summed E-state index contributed by atoms with van der Waals surface area (Å²) in [6, 6.07) is 19.4. The van der Waals surface area contributed by atoms with Crippen molar-refractivity contribution in [2.45, 2.75) is 24.2 Å². The van der Waals surface area contributed by atoms with Gasteiger partial charge in [-0.1, -0.05) is 30.3 Å². The third-order valence-electron chi connectivity index (χ3n) is 6.35. The van der Waals surface area contributed by atoms with Crippen molar-refractivity contribution in [3.8, 4) is 11.5 Å². The second-order valence-electron chi connectivity index (χ2n) is 8.81. The van der Waals surface area contributed by atoms with Crippen molar-refractivity contribution >= 4 is 33.2 Å². The lowest BCUT2D eigenvalue weighted by molar-refractivity contribution is -0.114. The number of amides is 2. The predicted molar refractivity (Wildman–Crippen MR) is 145 cm³/mol. The molecule has 0 saturated carbocycles. The highest BCUT2D eigenvalue weighted by atomic mass is 32.2. The second kappa shape index (κ2) is 12.0. The molecule has 1 fully saturated rings. The quantitative estimate of drug-likeness (QED) is 0.439. The number of hydrogen-bond donors (Lipinski definition) is 1. The maximum Gasteiger partial charge on any atom is 0.264 e. The molecule has 3 aromatic carbocycles. The summed E-state index contributed by atoms with van der Waals surface area (Å²) >= 11 is 0. The molecule has 0 radical (unpaired) electrons. The van der Waals surface area contributed by atoms with Crippen molar-refractivity contribution in [3.63, 3.8) is 0 Å². The standard InChI is InChI=1S/C28H31N3O6S/c1-36-25-16-15-22(19-26(25)37-2)38(34,35)31(21-11-5-3-6-12-21)20-27(32)29-24-14-8-7-13-23(24)28(33)30-17-9-4-10-18-30/h3,5-8,11-16,19H,4,9-10,17-18,20H2,1-2H3,(H,29,32). The Labute approximate surface area is 223 Å². The molecular formula is C28H31N3O6S. The van der Waals surface area contributed by atoms with E-state index in [1.807, 2.05) is 0 Å². The van der Waals surface area contributed by atoms with E-state index in [-0.39, 0.29) is 16.6 Å². The molecule has 1 aliphatic rings. The van der Waals surface area contributed by atoms with Gasteiger partial charge in [0.25, 0.3) is 15.9 Å². The zero-order valence-corrected chi connectivity index (χ0v) is 22.2. The fraction of sp³-hybridized carbons (Fsp3) is 0.286. The van der Waals surface area contributed by atoms with E-state index in [9.17, 15) is 18.0 Å². The molecule has 4 rings (SSSR count). The molecule has 0 aliphatic carbocycles. The van der Waals surface area contributed by atoms with E-state index in [1.165, 1.54) is 32.4 Å². The number of nitrogens with one attached hydrogen (secondary N) is 1. The Bertz CT molecular complexity index is 1390. The van der Waals surface area contributed by atoms with Crippen molar-refractivity contribution in [3.05, 3.63) is 78.4 Å². The highest BCUT2D eigenvalue weighted by molar-refractivity contribution is 7.92. The fourth-order valence-corrected chi connectivity index (χ4v) is 5.82. The topological polar surface area (TPSA) is 105 Å². The number of nitrogens with zero attached hydrogens (tertiary/aromatic N) is 2. The number of likely N-dealkylation sites (tertiary alicyclic amines) is 1. The molecule has 1 aliphatic heterocycles. The smallest absolute Gasteiger partial charge is 0.264 e. The van der Waals surface area contributed by atoms with Crippen LogP contribution in [-0.4, -0.2) is 59.0 Å². The lowest BCUT2D eigenvalue weighted by atomic mass is 10.1. The van der Waals surface area contributed by atoms with Gasteiger partial charge >= 0.3 is 0 Å². The maximum absolute atomic E-state index is 13.8. The SMILES string of the molecule is COc1ccc(S(=O)(=O)N(CC(=O)Nc2ccccc2C(=O)N2CCCCC2)c2ccccc2)cc1OC. The number of para-hydroxylation sites is 2. The van der Waals surface area contributed by atoms with Crippen molar-refractivity contribution < 1.29 is 27.5 Å². The number of benzene rings is 3. The number of hydrogen-bond acceptors (Lipinski definition) is 6. The molecule has 0 spiro atoms. The van der Waals surface area contributed by atoms with Gasteiger partial charge in [-0.3, -0.25) is 13.9 Å². The second-order valence-corrected chi connectivity index (χ2v) is 10.7. The summed E-state index contributed by atoms with van der Waals surface area (Å²) in [5, 5.41) is 2.76. The van der Waals surface area contributed by atoms with Crippen LogP contribution in [-0.2, 0) is 14.8 Å². The Morgan fingerprint density at radius 3 is 2.21 bits per heavy atom. The fourth-order valence-electron chi connectivity index (χ4n) is 4.38. The first-order valence-electron chi connectivity index (χ1n) is 12.3. The molecule has 1 heterocycles. The first kappa shape index (κ1) is 27.0. The molecule has 3 aromatic rings. The predicted octanol–water partition coefficient (Wildman–Crippen LogP) is 4.16. The molecule has 1 N–H and O–H groups in total. The van der Waals surface area contributed by atoms with Crippen molar-refractivity contribution in [1.82, 2.24) is 4.90 Å². The van der Waals surface area contributed by atoms with Crippen LogP contribution in [0.3, 0.4) is 0 Å². The van der Waals surface area contributed by atoms with Gasteiger partial charge in [0.1, 0.15) is 6.54 Å². The minimum atomic E-state index is -4.18. The Balaban J connectivity index is 1.62. The van der Waals surface area contributed by atoms with E-state index >= 15 is 0 Å². The summed E-state index contributed by atoms with van der Waals surface area (Å²) in [5.41, 5.74) is 1.02. The summed E-state index contributed by atoms with van der Waals surface area (Å²) < 4.78 is 39.1. The minimum Gasteiger partial charge on any atom is -0.493 e. The van der Waals surface area contributed by atoms with Gasteiger partial charge in [0, 0.05) is 19.2 Å². The van der Waals surface area contributed by atoms with Gasteiger partial charge in [0.05, 0.1) is 36.1 Å². The molecule has 9 nitrogen and oxygen atoms in total. The van der Waals surface area contributed by atoms with E-state index in [4.69, 9.17) is 9.47 Å². The van der Waals surface area contributed by atoms with Crippen molar-refractivity contribution in [1.29, 1.82) is 0 Å². The number of carbonyl (C=O) groups is 2. The van der Waals surface area contributed by atoms with Gasteiger partial charge in [-0.2, -0.15) is 0 Å². The minimum absolute atomic E-state index is 0.0625. The van der Waals surface area contributed by atoms with Crippen LogP contribution in [0, 0.1) is 0 Å². The molecule has 10 heteroatoms. The van der Waals surface area contributed by atoms with Crippen LogP contribution in [0.2, 0.25) is 0 Å². The molecule has 0 unspecified atom stereocenters. The van der Waals surface area contributed by atoms with E-state index in [2.05, 4.69) is 5.32 Å². The Kier molecular flexibility index (Phi) is 8.52. The number of sulfonamides is 1. The molecule has 200 valence electrons. The van der Waals surface area contributed by atoms with E-state index in [1.54, 1.807) is 59.5 Å². The van der Waals surface area contributed by atoms with E-state index in [0.717, 1.165) is 23.6 Å². The van der Waals surface area contributed by atoms with Gasteiger partial charge < -0.3 is 19.7 Å². The third-order valence-corrected chi connectivity index (χ3v) is 8.12. The average Bonchev–Trinajstić information content (AvgIpc) is 2.96. The van der Waals surface area contributed by atoms with Crippen LogP contribution in [0.1, 0.15) is 29.6 Å². The van der Waals surface area contributed by atoms with Gasteiger partial charge in [0.15, 0.2) is 11.5 Å². The Morgan fingerprint density at radius 2 is 1.53 bits per heavy atom. The molecule has 0 aromatic heterocycles. The van der Waals surface area contributed by atoms with E-state index in [0.29, 0.717) is 35.8 Å². The van der Waals surface area contributed by atoms with Gasteiger partial charge in [0.2, 0.25) is 5.91 Å². The van der Waals surface area contributed by atoms with E-state index < -0.39 is 22.5 Å². The summed E-state index contributed by atoms with van der Waals surface area (Å²) in [4.78, 5) is 28.1. The van der Waals surface area contributed by atoms with Gasteiger partial charge in [-0.15, -0.1) is 0 Å². The Morgan fingerprint density at radius 1 is 0.868 bits per heavy atom. The summed E-state index contributed by atoms with van der Waals surface area (Å²) in [6.07, 6.45) is 2.98. The number of ether oxygens (including phenoxy) is 2. The van der Waals surface area contributed by atoms with Crippen LogP contribution >= 0.6 is 0 Å². The normalized spacial score (nSPS) is 13.5. The molecule has 1 saturated heterocycles.